The second-order valence-electron chi connectivity index (χ2n) is 3.45. The first kappa shape index (κ1) is 9.06. The fourth-order valence-corrected chi connectivity index (χ4v) is 1.83. The number of aromatic nitrogens is 2. The molecular formula is C11H14N2O. The summed E-state index contributed by atoms with van der Waals surface area (Å²) in [6.45, 7) is 4.26. The van der Waals surface area contributed by atoms with Gasteiger partial charge in [0.15, 0.2) is 0 Å². The molecule has 0 amide bonds. The van der Waals surface area contributed by atoms with Crippen LogP contribution in [0.15, 0.2) is 16.9 Å². The van der Waals surface area contributed by atoms with Crippen molar-refractivity contribution in [2.45, 2.75) is 26.7 Å². The molecule has 1 aromatic carbocycles. The highest BCUT2D eigenvalue weighted by Gasteiger charge is 2.04. The first-order chi connectivity index (χ1) is 6.74. The van der Waals surface area contributed by atoms with Gasteiger partial charge in [-0.05, 0) is 36.1 Å². The molecule has 3 nitrogen and oxygen atoms in total. The Bertz CT molecular complexity index is 463. The highest BCUT2D eigenvalue weighted by Crippen LogP contribution is 2.17. The molecule has 1 aromatic heterocycles. The van der Waals surface area contributed by atoms with E-state index in [4.69, 9.17) is 0 Å². The van der Waals surface area contributed by atoms with Gasteiger partial charge in [0.2, 0.25) is 0 Å². The number of hydrogen-bond acceptors (Lipinski definition) is 1. The second kappa shape index (κ2) is 3.33. The van der Waals surface area contributed by atoms with Crippen molar-refractivity contribution in [2.75, 3.05) is 0 Å². The van der Waals surface area contributed by atoms with Gasteiger partial charge in [0.25, 0.3) is 0 Å². The van der Waals surface area contributed by atoms with Crippen molar-refractivity contribution in [3.05, 3.63) is 33.7 Å². The SMILES string of the molecule is CCc1cc2[nH]c(=O)[nH]c2cc1CC. The number of H-pyrrole nitrogens is 2. The van der Waals surface area contributed by atoms with E-state index in [1.54, 1.807) is 0 Å². The molecule has 2 rings (SSSR count). The summed E-state index contributed by atoms with van der Waals surface area (Å²) in [6.07, 6.45) is 2.01. The van der Waals surface area contributed by atoms with E-state index < -0.39 is 0 Å². The summed E-state index contributed by atoms with van der Waals surface area (Å²) in [5, 5.41) is 0. The van der Waals surface area contributed by atoms with Gasteiger partial charge in [0.05, 0.1) is 11.0 Å². The molecular weight excluding hydrogens is 176 g/mol. The topological polar surface area (TPSA) is 48.6 Å². The number of aryl methyl sites for hydroxylation is 2. The zero-order valence-corrected chi connectivity index (χ0v) is 8.48. The van der Waals surface area contributed by atoms with Gasteiger partial charge < -0.3 is 9.97 Å². The summed E-state index contributed by atoms with van der Waals surface area (Å²) in [6, 6.07) is 4.12. The van der Waals surface area contributed by atoms with E-state index in [1.807, 2.05) is 0 Å². The van der Waals surface area contributed by atoms with Crippen molar-refractivity contribution in [1.82, 2.24) is 9.97 Å². The van der Waals surface area contributed by atoms with Crippen LogP contribution in [0.2, 0.25) is 0 Å². The number of imidazole rings is 1. The number of benzene rings is 1. The van der Waals surface area contributed by atoms with Crippen molar-refractivity contribution in [3.8, 4) is 0 Å². The normalized spacial score (nSPS) is 11.0. The van der Waals surface area contributed by atoms with E-state index >= 15 is 0 Å². The molecule has 3 heteroatoms. The van der Waals surface area contributed by atoms with Crippen molar-refractivity contribution in [3.63, 3.8) is 0 Å². The Hall–Kier alpha value is -1.51. The smallest absolute Gasteiger partial charge is 0.306 e. The molecule has 0 spiro atoms. The maximum atomic E-state index is 11.1. The van der Waals surface area contributed by atoms with Gasteiger partial charge in [0, 0.05) is 0 Å². The van der Waals surface area contributed by atoms with E-state index in [9.17, 15) is 4.79 Å². The predicted octanol–water partition coefficient (Wildman–Crippen LogP) is 1.98. The van der Waals surface area contributed by atoms with Crippen molar-refractivity contribution < 1.29 is 0 Å². The van der Waals surface area contributed by atoms with Crippen LogP contribution in [-0.2, 0) is 12.8 Å². The van der Waals surface area contributed by atoms with Crippen LogP contribution in [0.5, 0.6) is 0 Å². The third-order valence-corrected chi connectivity index (χ3v) is 2.60. The van der Waals surface area contributed by atoms with E-state index in [-0.39, 0.29) is 5.69 Å². The lowest BCUT2D eigenvalue weighted by Gasteiger charge is -2.04. The maximum Gasteiger partial charge on any atom is 0.323 e. The Morgan fingerprint density at radius 3 is 1.79 bits per heavy atom. The average molecular weight is 190 g/mol. The van der Waals surface area contributed by atoms with Gasteiger partial charge in [-0.1, -0.05) is 13.8 Å². The summed E-state index contributed by atoms with van der Waals surface area (Å²) in [7, 11) is 0. The molecule has 2 N–H and O–H groups in total. The summed E-state index contributed by atoms with van der Waals surface area (Å²) in [5.74, 6) is 0. The molecule has 0 aliphatic carbocycles. The van der Waals surface area contributed by atoms with Crippen molar-refractivity contribution in [2.24, 2.45) is 0 Å². The summed E-state index contributed by atoms with van der Waals surface area (Å²) >= 11 is 0. The van der Waals surface area contributed by atoms with Gasteiger partial charge in [-0.2, -0.15) is 0 Å². The third kappa shape index (κ3) is 1.35. The number of nitrogens with one attached hydrogen (secondary N) is 2. The fraction of sp³-hybridized carbons (Fsp3) is 0.364. The molecule has 14 heavy (non-hydrogen) atoms. The number of aromatic amines is 2. The summed E-state index contributed by atoms with van der Waals surface area (Å²) in [5.41, 5.74) is 4.31. The van der Waals surface area contributed by atoms with Gasteiger partial charge in [-0.3, -0.25) is 0 Å². The first-order valence-corrected chi connectivity index (χ1v) is 4.98. The first-order valence-electron chi connectivity index (χ1n) is 4.98. The van der Waals surface area contributed by atoms with Crippen LogP contribution in [0.4, 0.5) is 0 Å². The minimum atomic E-state index is -0.129. The monoisotopic (exact) mass is 190 g/mol. The largest absolute Gasteiger partial charge is 0.323 e. The summed E-state index contributed by atoms with van der Waals surface area (Å²) in [4.78, 5) is 16.6. The van der Waals surface area contributed by atoms with E-state index in [0.29, 0.717) is 0 Å². The molecule has 0 fully saturated rings. The lowest BCUT2D eigenvalue weighted by molar-refractivity contribution is 1.04. The summed E-state index contributed by atoms with van der Waals surface area (Å²) < 4.78 is 0. The number of hydrogen-bond donors (Lipinski definition) is 2. The van der Waals surface area contributed by atoms with Gasteiger partial charge >= 0.3 is 5.69 Å². The third-order valence-electron chi connectivity index (χ3n) is 2.60. The molecule has 0 radical (unpaired) electrons. The van der Waals surface area contributed by atoms with Gasteiger partial charge in [-0.25, -0.2) is 4.79 Å². The van der Waals surface area contributed by atoms with Crippen LogP contribution >= 0.6 is 0 Å². The van der Waals surface area contributed by atoms with Gasteiger partial charge in [0.1, 0.15) is 0 Å². The highest BCUT2D eigenvalue weighted by atomic mass is 16.1. The standard InChI is InChI=1S/C11H14N2O/c1-3-7-5-9-10(6-8(7)4-2)13-11(14)12-9/h5-6H,3-4H2,1-2H3,(H2,12,13,14). The Morgan fingerprint density at radius 2 is 1.43 bits per heavy atom. The average Bonchev–Trinajstić information content (AvgIpc) is 2.54. The van der Waals surface area contributed by atoms with E-state index in [2.05, 4.69) is 35.9 Å². The van der Waals surface area contributed by atoms with Crippen LogP contribution in [0.25, 0.3) is 11.0 Å². The molecule has 0 bridgehead atoms. The highest BCUT2D eigenvalue weighted by molar-refractivity contribution is 5.76. The number of rotatable bonds is 2. The van der Waals surface area contributed by atoms with Crippen LogP contribution < -0.4 is 5.69 Å². The molecule has 1 heterocycles. The molecule has 0 saturated carbocycles. The molecule has 0 atom stereocenters. The zero-order valence-electron chi connectivity index (χ0n) is 8.48. The van der Waals surface area contributed by atoms with Crippen LogP contribution in [-0.4, -0.2) is 9.97 Å². The minimum absolute atomic E-state index is 0.129. The van der Waals surface area contributed by atoms with Crippen molar-refractivity contribution >= 4 is 11.0 Å². The lowest BCUT2D eigenvalue weighted by atomic mass is 10.0. The molecule has 0 aliphatic rings. The van der Waals surface area contributed by atoms with E-state index in [0.717, 1.165) is 23.9 Å². The maximum absolute atomic E-state index is 11.1. The second-order valence-corrected chi connectivity index (χ2v) is 3.45. The van der Waals surface area contributed by atoms with Gasteiger partial charge in [-0.15, -0.1) is 0 Å². The predicted molar refractivity (Wildman–Crippen MR) is 57.7 cm³/mol. The molecule has 74 valence electrons. The molecule has 0 unspecified atom stereocenters. The molecule has 2 aromatic rings. The van der Waals surface area contributed by atoms with E-state index in [1.165, 1.54) is 11.1 Å². The molecule has 0 aliphatic heterocycles. The molecule has 0 saturated heterocycles. The van der Waals surface area contributed by atoms with Crippen LogP contribution in [0.3, 0.4) is 0 Å². The Labute approximate surface area is 82.2 Å². The van der Waals surface area contributed by atoms with Crippen molar-refractivity contribution in [1.29, 1.82) is 0 Å². The quantitative estimate of drug-likeness (QED) is 0.747. The zero-order chi connectivity index (χ0) is 10.1. The van der Waals surface area contributed by atoms with Crippen LogP contribution in [0.1, 0.15) is 25.0 Å². The van der Waals surface area contributed by atoms with Crippen LogP contribution in [0, 0.1) is 0 Å². The Morgan fingerprint density at radius 1 is 1.00 bits per heavy atom. The lowest BCUT2D eigenvalue weighted by Crippen LogP contribution is -1.99. The minimum Gasteiger partial charge on any atom is -0.306 e. The number of fused-ring (bicyclic) bond motifs is 1. The Balaban J connectivity index is 2.74. The Kier molecular flexibility index (Phi) is 2.15. The fourth-order valence-electron chi connectivity index (χ4n) is 1.83.